The van der Waals surface area contributed by atoms with Gasteiger partial charge >= 0.3 is 0 Å². The van der Waals surface area contributed by atoms with E-state index in [-0.39, 0.29) is 5.25 Å². The van der Waals surface area contributed by atoms with Crippen molar-refractivity contribution in [3.8, 4) is 0 Å². The van der Waals surface area contributed by atoms with Crippen molar-refractivity contribution in [1.29, 1.82) is 0 Å². The molecule has 0 spiro atoms. The van der Waals surface area contributed by atoms with Crippen LogP contribution in [0.4, 0.5) is 5.69 Å². The number of rotatable bonds is 3. The smallest absolute Gasteiger partial charge is 0.119 e. The van der Waals surface area contributed by atoms with Crippen molar-refractivity contribution in [3.63, 3.8) is 0 Å². The first-order valence-corrected chi connectivity index (χ1v) is 5.89. The number of aromatic nitrogens is 1. The summed E-state index contributed by atoms with van der Waals surface area (Å²) < 4.78 is 15.0. The lowest BCUT2D eigenvalue weighted by atomic mass is 10.4. The fourth-order valence-corrected chi connectivity index (χ4v) is 1.49. The molecule has 0 aliphatic carbocycles. The van der Waals surface area contributed by atoms with Crippen molar-refractivity contribution < 1.29 is 4.21 Å². The molecule has 13 heavy (non-hydrogen) atoms. The maximum Gasteiger partial charge on any atom is 0.119 e. The van der Waals surface area contributed by atoms with Gasteiger partial charge in [0.15, 0.2) is 0 Å². The predicted molar refractivity (Wildman–Crippen MR) is 58.8 cm³/mol. The lowest BCUT2D eigenvalue weighted by Gasteiger charge is -2.07. The quantitative estimate of drug-likeness (QED) is 0.850. The lowest BCUT2D eigenvalue weighted by molar-refractivity contribution is 0.680. The minimum atomic E-state index is -1.03. The van der Waals surface area contributed by atoms with Crippen LogP contribution in [0.1, 0.15) is 13.8 Å². The molecule has 1 heterocycles. The van der Waals surface area contributed by atoms with Gasteiger partial charge in [-0.3, -0.25) is 0 Å². The minimum absolute atomic E-state index is 0.101. The zero-order valence-corrected chi connectivity index (χ0v) is 9.85. The molecule has 0 saturated heterocycles. The van der Waals surface area contributed by atoms with E-state index in [1.54, 1.807) is 12.3 Å². The topological polar surface area (TPSA) is 42.0 Å². The van der Waals surface area contributed by atoms with E-state index >= 15 is 0 Å². The molecule has 1 unspecified atom stereocenters. The van der Waals surface area contributed by atoms with Crippen LogP contribution in [0, 0.1) is 0 Å². The maximum atomic E-state index is 11.4. The molecule has 1 N–H and O–H groups in total. The molecular weight excluding hydrogens is 252 g/mol. The van der Waals surface area contributed by atoms with Crippen LogP contribution in [0.2, 0.25) is 0 Å². The molecule has 0 radical (unpaired) electrons. The fraction of sp³-hybridized carbons (Fsp3) is 0.375. The Labute approximate surface area is 88.7 Å². The number of hydrogen-bond donors (Lipinski definition) is 1. The molecule has 0 bridgehead atoms. The Bertz CT molecular complexity index is 300. The number of halogens is 1. The second-order valence-electron chi connectivity index (χ2n) is 2.82. The zero-order valence-electron chi connectivity index (χ0n) is 7.45. The predicted octanol–water partition coefficient (Wildman–Crippen LogP) is 2.33. The summed E-state index contributed by atoms with van der Waals surface area (Å²) in [6.45, 7) is 3.80. The standard InChI is InChI=1S/C8H11BrN2OS/c1-6(2)13(12)11-7-3-4-8(9)10-5-7/h3-6,11H,1-2H3. The van der Waals surface area contributed by atoms with Crippen molar-refractivity contribution >= 4 is 32.6 Å². The van der Waals surface area contributed by atoms with Gasteiger partial charge in [-0.05, 0) is 41.9 Å². The van der Waals surface area contributed by atoms with Gasteiger partial charge in [0.1, 0.15) is 15.6 Å². The first-order chi connectivity index (χ1) is 6.09. The number of nitrogens with zero attached hydrogens (tertiary/aromatic N) is 1. The molecule has 3 nitrogen and oxygen atoms in total. The van der Waals surface area contributed by atoms with E-state index in [0.717, 1.165) is 10.3 Å². The Morgan fingerprint density at radius 1 is 1.54 bits per heavy atom. The highest BCUT2D eigenvalue weighted by Gasteiger charge is 2.04. The summed E-state index contributed by atoms with van der Waals surface area (Å²) in [5.41, 5.74) is 0.773. The average molecular weight is 263 g/mol. The molecule has 72 valence electrons. The number of anilines is 1. The van der Waals surface area contributed by atoms with Gasteiger partial charge in [-0.15, -0.1) is 0 Å². The van der Waals surface area contributed by atoms with E-state index in [0.29, 0.717) is 0 Å². The Hall–Kier alpha value is -0.420. The summed E-state index contributed by atoms with van der Waals surface area (Å²) in [4.78, 5) is 4.01. The van der Waals surface area contributed by atoms with Gasteiger partial charge in [-0.25, -0.2) is 9.19 Å². The van der Waals surface area contributed by atoms with E-state index in [4.69, 9.17) is 0 Å². The zero-order chi connectivity index (χ0) is 9.84. The van der Waals surface area contributed by atoms with Gasteiger partial charge in [0.2, 0.25) is 0 Å². The Balaban J connectivity index is 2.65. The molecule has 5 heteroatoms. The summed E-state index contributed by atoms with van der Waals surface area (Å²) in [5.74, 6) is 0. The monoisotopic (exact) mass is 262 g/mol. The molecule has 0 aromatic carbocycles. The third-order valence-electron chi connectivity index (χ3n) is 1.37. The summed E-state index contributed by atoms with van der Waals surface area (Å²) in [7, 11) is -1.03. The van der Waals surface area contributed by atoms with E-state index < -0.39 is 11.0 Å². The molecule has 1 aromatic rings. The largest absolute Gasteiger partial charge is 0.303 e. The number of hydrogen-bond acceptors (Lipinski definition) is 2. The molecule has 0 aliphatic heterocycles. The first kappa shape index (κ1) is 10.7. The van der Waals surface area contributed by atoms with Crippen LogP contribution in [-0.4, -0.2) is 14.4 Å². The van der Waals surface area contributed by atoms with E-state index in [1.807, 2.05) is 19.9 Å². The van der Waals surface area contributed by atoms with Crippen LogP contribution in [0.15, 0.2) is 22.9 Å². The molecular formula is C8H11BrN2OS. The van der Waals surface area contributed by atoms with E-state index in [2.05, 4.69) is 25.6 Å². The summed E-state index contributed by atoms with van der Waals surface area (Å²) in [6, 6.07) is 3.64. The Morgan fingerprint density at radius 3 is 2.69 bits per heavy atom. The summed E-state index contributed by atoms with van der Waals surface area (Å²) >= 11 is 3.23. The van der Waals surface area contributed by atoms with Gasteiger partial charge < -0.3 is 4.72 Å². The third-order valence-corrected chi connectivity index (χ3v) is 3.14. The van der Waals surface area contributed by atoms with Crippen molar-refractivity contribution in [2.45, 2.75) is 19.1 Å². The van der Waals surface area contributed by atoms with Crippen LogP contribution < -0.4 is 4.72 Å². The second-order valence-corrected chi connectivity index (χ2v) is 5.37. The van der Waals surface area contributed by atoms with Crippen molar-refractivity contribution in [2.24, 2.45) is 0 Å². The normalized spacial score (nSPS) is 12.9. The Morgan fingerprint density at radius 2 is 2.23 bits per heavy atom. The Kier molecular flexibility index (Phi) is 3.87. The molecule has 0 aliphatic rings. The SMILES string of the molecule is CC(C)S(=O)Nc1ccc(Br)nc1. The molecule has 1 aromatic heterocycles. The first-order valence-electron chi connectivity index (χ1n) is 3.88. The van der Waals surface area contributed by atoms with Gasteiger partial charge in [0, 0.05) is 5.25 Å². The van der Waals surface area contributed by atoms with Crippen molar-refractivity contribution in [2.75, 3.05) is 4.72 Å². The maximum absolute atomic E-state index is 11.4. The van der Waals surface area contributed by atoms with Crippen LogP contribution in [0.5, 0.6) is 0 Å². The highest BCUT2D eigenvalue weighted by Crippen LogP contribution is 2.11. The van der Waals surface area contributed by atoms with Crippen LogP contribution in [0.3, 0.4) is 0 Å². The minimum Gasteiger partial charge on any atom is -0.303 e. The second kappa shape index (κ2) is 4.72. The van der Waals surface area contributed by atoms with Crippen molar-refractivity contribution in [1.82, 2.24) is 4.98 Å². The molecule has 0 saturated carbocycles. The highest BCUT2D eigenvalue weighted by molar-refractivity contribution is 9.10. The molecule has 0 fully saturated rings. The van der Waals surface area contributed by atoms with Gasteiger partial charge in [0.05, 0.1) is 11.9 Å². The molecule has 1 rings (SSSR count). The van der Waals surface area contributed by atoms with Gasteiger partial charge in [-0.1, -0.05) is 0 Å². The fourth-order valence-electron chi connectivity index (χ4n) is 0.670. The van der Waals surface area contributed by atoms with E-state index in [9.17, 15) is 4.21 Å². The lowest BCUT2D eigenvalue weighted by Crippen LogP contribution is -2.14. The van der Waals surface area contributed by atoms with Crippen molar-refractivity contribution in [3.05, 3.63) is 22.9 Å². The molecule has 0 amide bonds. The van der Waals surface area contributed by atoms with Crippen LogP contribution in [0.25, 0.3) is 0 Å². The van der Waals surface area contributed by atoms with Gasteiger partial charge in [-0.2, -0.15) is 0 Å². The van der Waals surface area contributed by atoms with Gasteiger partial charge in [0.25, 0.3) is 0 Å². The number of pyridine rings is 1. The number of nitrogens with one attached hydrogen (secondary N) is 1. The third kappa shape index (κ3) is 3.44. The van der Waals surface area contributed by atoms with E-state index in [1.165, 1.54) is 0 Å². The summed E-state index contributed by atoms with van der Waals surface area (Å²) in [5, 5.41) is 0.101. The highest BCUT2D eigenvalue weighted by atomic mass is 79.9. The average Bonchev–Trinajstić information content (AvgIpc) is 2.08. The van der Waals surface area contributed by atoms with Crippen LogP contribution in [-0.2, 0) is 11.0 Å². The van der Waals surface area contributed by atoms with Crippen LogP contribution >= 0.6 is 15.9 Å². The molecule has 1 atom stereocenters. The summed E-state index contributed by atoms with van der Waals surface area (Å²) in [6.07, 6.45) is 1.64.